The second kappa shape index (κ2) is 11.3. The quantitative estimate of drug-likeness (QED) is 0.557. The molecule has 2 fully saturated rings. The van der Waals surface area contributed by atoms with E-state index in [1.807, 2.05) is 38.1 Å². The lowest BCUT2D eigenvalue weighted by atomic mass is 10.2. The van der Waals surface area contributed by atoms with E-state index in [-0.39, 0.29) is 13.1 Å². The van der Waals surface area contributed by atoms with Crippen LogP contribution < -0.4 is 9.80 Å². The molecule has 0 aliphatic carbocycles. The molecule has 0 radical (unpaired) electrons. The first-order chi connectivity index (χ1) is 16.0. The lowest BCUT2D eigenvalue weighted by Gasteiger charge is -2.31. The van der Waals surface area contributed by atoms with Gasteiger partial charge in [0.2, 0.25) is 6.41 Å². The standard InChI is InChI=1S/C21H20ClN3O5S.C2H6/c1-14-12-29-9-8-24(14)15-2-4-16(5-3-15)25-11-17(30-21(25)28)10-23(13-26)20(27)18-6-7-19(22)31-18;1-2/h2-7,13,17H,1,8-12H2;1-2H3. The van der Waals surface area contributed by atoms with Gasteiger partial charge < -0.3 is 14.4 Å². The first kappa shape index (κ1) is 24.8. The zero-order valence-corrected chi connectivity index (χ0v) is 20.1. The summed E-state index contributed by atoms with van der Waals surface area (Å²) in [5, 5.41) is 0. The molecule has 2 aromatic rings. The zero-order chi connectivity index (χ0) is 24.0. The van der Waals surface area contributed by atoms with Crippen molar-refractivity contribution >= 4 is 52.7 Å². The van der Waals surface area contributed by atoms with Crippen molar-refractivity contribution in [3.05, 3.63) is 57.9 Å². The Hall–Kier alpha value is -2.88. The van der Waals surface area contributed by atoms with Crippen LogP contribution in [-0.2, 0) is 14.3 Å². The van der Waals surface area contributed by atoms with Crippen molar-refractivity contribution in [1.82, 2.24) is 4.90 Å². The molecule has 0 spiro atoms. The third kappa shape index (κ3) is 5.73. The van der Waals surface area contributed by atoms with Crippen LogP contribution in [0.15, 0.2) is 48.7 Å². The number of nitrogens with zero attached hydrogens (tertiary/aromatic N) is 3. The summed E-state index contributed by atoms with van der Waals surface area (Å²) in [6.07, 6.45) is -0.710. The number of hydrogen-bond acceptors (Lipinski definition) is 7. The SMILES string of the molecule is C=C1COCCN1c1ccc(N2CC(CN(C=O)C(=O)c3ccc(Cl)s3)OC2=O)cc1.CC. The number of ether oxygens (including phenoxy) is 2. The molecule has 3 heterocycles. The Morgan fingerprint density at radius 1 is 1.21 bits per heavy atom. The summed E-state index contributed by atoms with van der Waals surface area (Å²) in [5.41, 5.74) is 2.52. The third-order valence-electron chi connectivity index (χ3n) is 5.03. The lowest BCUT2D eigenvalue weighted by molar-refractivity contribution is -0.116. The Bertz CT molecular complexity index is 1010. The van der Waals surface area contributed by atoms with E-state index in [0.717, 1.165) is 34.2 Å². The number of morpholine rings is 1. The van der Waals surface area contributed by atoms with Crippen LogP contribution in [0, 0.1) is 0 Å². The van der Waals surface area contributed by atoms with Gasteiger partial charge >= 0.3 is 6.09 Å². The van der Waals surface area contributed by atoms with Gasteiger partial charge in [-0.2, -0.15) is 0 Å². The van der Waals surface area contributed by atoms with Gasteiger partial charge in [-0.3, -0.25) is 19.4 Å². The normalized spacial score (nSPS) is 17.8. The van der Waals surface area contributed by atoms with Crippen LogP contribution in [-0.4, -0.2) is 62.3 Å². The van der Waals surface area contributed by atoms with Crippen LogP contribution in [0.4, 0.5) is 16.2 Å². The molecular formula is C23H26ClN3O5S. The van der Waals surface area contributed by atoms with E-state index in [0.29, 0.717) is 34.5 Å². The number of carbonyl (C=O) groups is 3. The van der Waals surface area contributed by atoms with Crippen LogP contribution in [0.25, 0.3) is 0 Å². The van der Waals surface area contributed by atoms with Crippen molar-refractivity contribution in [3.8, 4) is 0 Å². The molecule has 2 aliphatic heterocycles. The minimum absolute atomic E-state index is 0.0359. The van der Waals surface area contributed by atoms with Gasteiger partial charge in [0.05, 0.1) is 35.5 Å². The predicted molar refractivity (Wildman–Crippen MR) is 129 cm³/mol. The summed E-state index contributed by atoms with van der Waals surface area (Å²) < 4.78 is 11.2. The number of halogens is 1. The Kier molecular flexibility index (Phi) is 8.49. The number of rotatable bonds is 6. The van der Waals surface area contributed by atoms with Crippen LogP contribution in [0.1, 0.15) is 23.5 Å². The van der Waals surface area contributed by atoms with E-state index in [4.69, 9.17) is 21.1 Å². The summed E-state index contributed by atoms with van der Waals surface area (Å²) in [5.74, 6) is -0.475. The van der Waals surface area contributed by atoms with Crippen LogP contribution in [0.3, 0.4) is 0 Å². The van der Waals surface area contributed by atoms with Crippen molar-refractivity contribution in [1.29, 1.82) is 0 Å². The molecule has 1 aromatic heterocycles. The molecule has 0 saturated carbocycles. The second-order valence-corrected chi connectivity index (χ2v) is 8.78. The van der Waals surface area contributed by atoms with Gasteiger partial charge in [0.1, 0.15) is 6.10 Å². The maximum atomic E-state index is 12.5. The van der Waals surface area contributed by atoms with E-state index < -0.39 is 18.1 Å². The van der Waals surface area contributed by atoms with Gasteiger partial charge in [0.25, 0.3) is 5.91 Å². The first-order valence-electron chi connectivity index (χ1n) is 10.6. The Balaban J connectivity index is 0.00000149. The van der Waals surface area contributed by atoms with E-state index in [9.17, 15) is 14.4 Å². The molecule has 2 saturated heterocycles. The second-order valence-electron chi connectivity index (χ2n) is 7.07. The monoisotopic (exact) mass is 491 g/mol. The highest BCUT2D eigenvalue weighted by Gasteiger charge is 2.35. The largest absolute Gasteiger partial charge is 0.442 e. The zero-order valence-electron chi connectivity index (χ0n) is 18.5. The maximum Gasteiger partial charge on any atom is 0.414 e. The molecule has 1 unspecified atom stereocenters. The lowest BCUT2D eigenvalue weighted by Crippen LogP contribution is -2.38. The summed E-state index contributed by atoms with van der Waals surface area (Å²) in [4.78, 5) is 41.3. The Morgan fingerprint density at radius 3 is 2.45 bits per heavy atom. The number of thiophene rings is 1. The van der Waals surface area contributed by atoms with Gasteiger partial charge in [0, 0.05) is 23.6 Å². The number of benzene rings is 1. The molecule has 3 amide bonds. The van der Waals surface area contributed by atoms with Crippen molar-refractivity contribution in [2.24, 2.45) is 0 Å². The van der Waals surface area contributed by atoms with Crippen molar-refractivity contribution in [3.63, 3.8) is 0 Å². The number of carbonyl (C=O) groups excluding carboxylic acids is 3. The topological polar surface area (TPSA) is 79.4 Å². The van der Waals surface area contributed by atoms with Gasteiger partial charge in [-0.05, 0) is 36.4 Å². The number of anilines is 2. The van der Waals surface area contributed by atoms with Crippen molar-refractivity contribution in [2.75, 3.05) is 42.6 Å². The summed E-state index contributed by atoms with van der Waals surface area (Å²) in [6.45, 7) is 10.0. The van der Waals surface area contributed by atoms with Gasteiger partial charge in [-0.25, -0.2) is 4.79 Å². The number of hydrogen-bond donors (Lipinski definition) is 0. The molecule has 0 N–H and O–H groups in total. The van der Waals surface area contributed by atoms with E-state index in [1.165, 1.54) is 4.90 Å². The molecule has 1 aromatic carbocycles. The fraction of sp³-hybridized carbons (Fsp3) is 0.348. The van der Waals surface area contributed by atoms with Gasteiger partial charge in [0.15, 0.2) is 0 Å². The van der Waals surface area contributed by atoms with Crippen LogP contribution >= 0.6 is 22.9 Å². The van der Waals surface area contributed by atoms with Crippen molar-refractivity contribution < 1.29 is 23.9 Å². The number of imide groups is 1. The average Bonchev–Trinajstić information content (AvgIpc) is 3.44. The first-order valence-corrected chi connectivity index (χ1v) is 11.8. The highest BCUT2D eigenvalue weighted by atomic mass is 35.5. The molecule has 10 heteroatoms. The molecule has 0 bridgehead atoms. The van der Waals surface area contributed by atoms with Crippen LogP contribution in [0.5, 0.6) is 0 Å². The highest BCUT2D eigenvalue weighted by Crippen LogP contribution is 2.28. The molecule has 1 atom stereocenters. The summed E-state index contributed by atoms with van der Waals surface area (Å²) in [6, 6.07) is 10.6. The minimum atomic E-state index is -0.629. The van der Waals surface area contributed by atoms with Crippen molar-refractivity contribution in [2.45, 2.75) is 20.0 Å². The fourth-order valence-electron chi connectivity index (χ4n) is 3.50. The van der Waals surface area contributed by atoms with Gasteiger partial charge in [-0.1, -0.05) is 32.0 Å². The molecule has 8 nitrogen and oxygen atoms in total. The molecule has 2 aliphatic rings. The average molecular weight is 492 g/mol. The highest BCUT2D eigenvalue weighted by molar-refractivity contribution is 7.18. The molecular weight excluding hydrogens is 466 g/mol. The Morgan fingerprint density at radius 2 is 1.88 bits per heavy atom. The maximum absolute atomic E-state index is 12.5. The van der Waals surface area contributed by atoms with Gasteiger partial charge in [-0.15, -0.1) is 11.3 Å². The molecule has 4 rings (SSSR count). The third-order valence-corrected chi connectivity index (χ3v) is 6.25. The van der Waals surface area contributed by atoms with E-state index in [2.05, 4.69) is 11.5 Å². The Labute approximate surface area is 201 Å². The smallest absolute Gasteiger partial charge is 0.414 e. The molecule has 33 heavy (non-hydrogen) atoms. The molecule has 176 valence electrons. The summed E-state index contributed by atoms with van der Waals surface area (Å²) >= 11 is 6.95. The number of amides is 3. The van der Waals surface area contributed by atoms with E-state index in [1.54, 1.807) is 12.1 Å². The fourth-order valence-corrected chi connectivity index (χ4v) is 4.50. The predicted octanol–water partition coefficient (Wildman–Crippen LogP) is 4.40. The van der Waals surface area contributed by atoms with Crippen LogP contribution in [0.2, 0.25) is 4.34 Å². The summed E-state index contributed by atoms with van der Waals surface area (Å²) in [7, 11) is 0. The van der Waals surface area contributed by atoms with E-state index >= 15 is 0 Å². The number of cyclic esters (lactones) is 1. The minimum Gasteiger partial charge on any atom is -0.442 e.